The van der Waals surface area contributed by atoms with Crippen LogP contribution in [0.25, 0.3) is 0 Å². The Morgan fingerprint density at radius 2 is 1.70 bits per heavy atom. The van der Waals surface area contributed by atoms with Gasteiger partial charge in [0.15, 0.2) is 0 Å². The molecule has 5 heteroatoms. The maximum atomic E-state index is 13.0. The van der Waals surface area contributed by atoms with E-state index in [0.29, 0.717) is 25.9 Å². The number of carbonyl (C=O) groups excluding carboxylic acids is 2. The number of aryl methyl sites for hydroxylation is 2. The molecule has 1 aliphatic heterocycles. The molecule has 27 heavy (non-hydrogen) atoms. The molecule has 2 aromatic rings. The van der Waals surface area contributed by atoms with Gasteiger partial charge in [-0.2, -0.15) is 0 Å². The van der Waals surface area contributed by atoms with Crippen molar-refractivity contribution in [2.24, 2.45) is 5.92 Å². The summed E-state index contributed by atoms with van der Waals surface area (Å²) in [6.45, 7) is 5.21. The van der Waals surface area contributed by atoms with Crippen molar-refractivity contribution in [2.45, 2.75) is 33.1 Å². The molecule has 1 fully saturated rings. The van der Waals surface area contributed by atoms with E-state index < -0.39 is 0 Å². The fourth-order valence-corrected chi connectivity index (χ4v) is 3.34. The highest BCUT2D eigenvalue weighted by molar-refractivity contribution is 5.93. The first-order chi connectivity index (χ1) is 12.9. The Balaban J connectivity index is 1.50. The average molecular weight is 368 g/mol. The van der Waals surface area contributed by atoms with E-state index in [4.69, 9.17) is 0 Å². The van der Waals surface area contributed by atoms with Crippen LogP contribution in [0.5, 0.6) is 0 Å². The molecule has 0 spiro atoms. The molecular formula is C22H25FN2O2. The maximum absolute atomic E-state index is 13.0. The second-order valence-electron chi connectivity index (χ2n) is 7.25. The Kier molecular flexibility index (Phi) is 5.89. The molecule has 1 aliphatic rings. The summed E-state index contributed by atoms with van der Waals surface area (Å²) in [6, 6.07) is 11.9. The number of hydrogen-bond acceptors (Lipinski definition) is 2. The Hall–Kier alpha value is -2.69. The third kappa shape index (κ3) is 4.94. The zero-order chi connectivity index (χ0) is 19.4. The van der Waals surface area contributed by atoms with Gasteiger partial charge in [0.2, 0.25) is 11.8 Å². The zero-order valence-corrected chi connectivity index (χ0v) is 15.8. The van der Waals surface area contributed by atoms with Crippen LogP contribution in [0.4, 0.5) is 10.1 Å². The van der Waals surface area contributed by atoms with Gasteiger partial charge in [-0.1, -0.05) is 18.2 Å². The van der Waals surface area contributed by atoms with Crippen molar-refractivity contribution < 1.29 is 14.0 Å². The van der Waals surface area contributed by atoms with Gasteiger partial charge in [-0.05, 0) is 67.6 Å². The Morgan fingerprint density at radius 1 is 1.04 bits per heavy atom. The molecule has 0 aromatic heterocycles. The first-order valence-corrected chi connectivity index (χ1v) is 9.32. The van der Waals surface area contributed by atoms with Gasteiger partial charge in [0.1, 0.15) is 5.82 Å². The second-order valence-corrected chi connectivity index (χ2v) is 7.25. The molecular weight excluding hydrogens is 343 g/mol. The van der Waals surface area contributed by atoms with Gasteiger partial charge in [0.05, 0.1) is 6.42 Å². The molecule has 2 aromatic carbocycles. The van der Waals surface area contributed by atoms with E-state index in [1.165, 1.54) is 17.7 Å². The number of amides is 2. The van der Waals surface area contributed by atoms with E-state index in [-0.39, 0.29) is 30.0 Å². The van der Waals surface area contributed by atoms with Crippen LogP contribution in [-0.2, 0) is 16.0 Å². The van der Waals surface area contributed by atoms with Crippen molar-refractivity contribution in [2.75, 3.05) is 18.4 Å². The standard InChI is InChI=1S/C22H25FN2O2/c1-15-3-8-20(13-16(15)2)24-22(27)18-9-11-25(12-10-18)21(26)14-17-4-6-19(23)7-5-17/h3-8,13,18H,9-12,14H2,1-2H3,(H,24,27). The van der Waals surface area contributed by atoms with Crippen LogP contribution in [0.1, 0.15) is 29.5 Å². The highest BCUT2D eigenvalue weighted by Gasteiger charge is 2.27. The van der Waals surface area contributed by atoms with Gasteiger partial charge in [-0.25, -0.2) is 4.39 Å². The van der Waals surface area contributed by atoms with Crippen LogP contribution in [0.2, 0.25) is 0 Å². The number of anilines is 1. The number of nitrogens with zero attached hydrogens (tertiary/aromatic N) is 1. The minimum absolute atomic E-state index is 0.0175. The SMILES string of the molecule is Cc1ccc(NC(=O)C2CCN(C(=O)Cc3ccc(F)cc3)CC2)cc1C. The topological polar surface area (TPSA) is 49.4 Å². The van der Waals surface area contributed by atoms with Gasteiger partial charge in [-0.3, -0.25) is 9.59 Å². The normalized spacial score (nSPS) is 14.9. The van der Waals surface area contributed by atoms with Crippen molar-refractivity contribution in [3.05, 3.63) is 65.0 Å². The molecule has 0 unspecified atom stereocenters. The number of benzene rings is 2. The van der Waals surface area contributed by atoms with E-state index in [1.54, 1.807) is 17.0 Å². The fraction of sp³-hybridized carbons (Fsp3) is 0.364. The Morgan fingerprint density at radius 3 is 2.33 bits per heavy atom. The monoisotopic (exact) mass is 368 g/mol. The number of likely N-dealkylation sites (tertiary alicyclic amines) is 1. The predicted octanol–water partition coefficient (Wildman–Crippen LogP) is 3.86. The minimum Gasteiger partial charge on any atom is -0.342 e. The smallest absolute Gasteiger partial charge is 0.227 e. The van der Waals surface area contributed by atoms with Gasteiger partial charge >= 0.3 is 0 Å². The summed E-state index contributed by atoms with van der Waals surface area (Å²) in [4.78, 5) is 26.7. The van der Waals surface area contributed by atoms with Crippen molar-refractivity contribution in [1.29, 1.82) is 0 Å². The summed E-state index contributed by atoms with van der Waals surface area (Å²) in [5.41, 5.74) is 3.96. The summed E-state index contributed by atoms with van der Waals surface area (Å²) in [5, 5.41) is 2.99. The minimum atomic E-state index is -0.304. The lowest BCUT2D eigenvalue weighted by Gasteiger charge is -2.31. The van der Waals surface area contributed by atoms with Crippen LogP contribution in [0.15, 0.2) is 42.5 Å². The lowest BCUT2D eigenvalue weighted by molar-refractivity contribution is -0.133. The van der Waals surface area contributed by atoms with E-state index >= 15 is 0 Å². The van der Waals surface area contributed by atoms with E-state index in [2.05, 4.69) is 5.32 Å². The maximum Gasteiger partial charge on any atom is 0.227 e. The number of piperidine rings is 1. The summed E-state index contributed by atoms with van der Waals surface area (Å²) >= 11 is 0. The molecule has 0 radical (unpaired) electrons. The van der Waals surface area contributed by atoms with Gasteiger partial charge in [0.25, 0.3) is 0 Å². The highest BCUT2D eigenvalue weighted by atomic mass is 19.1. The largest absolute Gasteiger partial charge is 0.342 e. The van der Waals surface area contributed by atoms with Crippen molar-refractivity contribution in [3.63, 3.8) is 0 Å². The number of hydrogen-bond donors (Lipinski definition) is 1. The first kappa shape index (κ1) is 19.1. The van der Waals surface area contributed by atoms with Crippen molar-refractivity contribution in [3.8, 4) is 0 Å². The average Bonchev–Trinajstić information content (AvgIpc) is 2.66. The van der Waals surface area contributed by atoms with Gasteiger partial charge in [0, 0.05) is 24.7 Å². The lowest BCUT2D eigenvalue weighted by Crippen LogP contribution is -2.42. The molecule has 1 heterocycles. The van der Waals surface area contributed by atoms with Crippen molar-refractivity contribution >= 4 is 17.5 Å². The second kappa shape index (κ2) is 8.33. The quantitative estimate of drug-likeness (QED) is 0.891. The molecule has 0 bridgehead atoms. The Bertz CT molecular complexity index is 825. The number of nitrogens with one attached hydrogen (secondary N) is 1. The molecule has 4 nitrogen and oxygen atoms in total. The molecule has 1 N–H and O–H groups in total. The molecule has 3 rings (SSSR count). The van der Waals surface area contributed by atoms with Crippen LogP contribution < -0.4 is 5.32 Å². The predicted molar refractivity (Wildman–Crippen MR) is 104 cm³/mol. The Labute approximate surface area is 159 Å². The summed E-state index contributed by atoms with van der Waals surface area (Å²) in [5.74, 6) is -0.346. The zero-order valence-electron chi connectivity index (χ0n) is 15.8. The molecule has 142 valence electrons. The number of halogens is 1. The van der Waals surface area contributed by atoms with Crippen LogP contribution in [0.3, 0.4) is 0 Å². The molecule has 0 saturated carbocycles. The summed E-state index contributed by atoms with van der Waals surface area (Å²) < 4.78 is 13.0. The van der Waals surface area contributed by atoms with E-state index in [1.807, 2.05) is 32.0 Å². The first-order valence-electron chi connectivity index (χ1n) is 9.32. The van der Waals surface area contributed by atoms with E-state index in [0.717, 1.165) is 16.8 Å². The van der Waals surface area contributed by atoms with Gasteiger partial charge in [-0.15, -0.1) is 0 Å². The molecule has 1 saturated heterocycles. The number of rotatable bonds is 4. The third-order valence-corrected chi connectivity index (χ3v) is 5.26. The van der Waals surface area contributed by atoms with E-state index in [9.17, 15) is 14.0 Å². The van der Waals surface area contributed by atoms with Crippen LogP contribution in [-0.4, -0.2) is 29.8 Å². The highest BCUT2D eigenvalue weighted by Crippen LogP contribution is 2.21. The van der Waals surface area contributed by atoms with Crippen LogP contribution in [0, 0.1) is 25.6 Å². The third-order valence-electron chi connectivity index (χ3n) is 5.26. The summed E-state index contributed by atoms with van der Waals surface area (Å²) in [7, 11) is 0. The fourth-order valence-electron chi connectivity index (χ4n) is 3.34. The van der Waals surface area contributed by atoms with Crippen LogP contribution >= 0.6 is 0 Å². The van der Waals surface area contributed by atoms with Gasteiger partial charge < -0.3 is 10.2 Å². The summed E-state index contributed by atoms with van der Waals surface area (Å²) in [6.07, 6.45) is 1.58. The molecule has 0 aliphatic carbocycles. The number of carbonyl (C=O) groups is 2. The molecule has 0 atom stereocenters. The molecule has 2 amide bonds. The van der Waals surface area contributed by atoms with Crippen molar-refractivity contribution in [1.82, 2.24) is 4.90 Å². The lowest BCUT2D eigenvalue weighted by atomic mass is 9.95.